The van der Waals surface area contributed by atoms with Crippen molar-refractivity contribution in [3.8, 4) is 0 Å². The molecule has 0 radical (unpaired) electrons. The topological polar surface area (TPSA) is 67.1 Å². The molecule has 0 saturated heterocycles. The Hall–Kier alpha value is -2.47. The van der Waals surface area contributed by atoms with Gasteiger partial charge in [0.2, 0.25) is 0 Å². The largest absolute Gasteiger partial charge is 0.334 e. The first-order valence-corrected chi connectivity index (χ1v) is 6.36. The van der Waals surface area contributed by atoms with Gasteiger partial charge in [0.15, 0.2) is 11.6 Å². The van der Waals surface area contributed by atoms with Crippen LogP contribution in [0.3, 0.4) is 0 Å². The lowest BCUT2D eigenvalue weighted by atomic mass is 10.2. The average molecular weight is 291 g/mol. The van der Waals surface area contributed by atoms with E-state index in [0.29, 0.717) is 17.8 Å². The molecule has 0 heterocycles. The zero-order chi connectivity index (χ0) is 15.2. The third kappa shape index (κ3) is 4.25. The van der Waals surface area contributed by atoms with Crippen LogP contribution >= 0.6 is 0 Å². The summed E-state index contributed by atoms with van der Waals surface area (Å²) in [6, 6.07) is 10.2. The van der Waals surface area contributed by atoms with Crippen LogP contribution in [-0.2, 0) is 13.1 Å². The first-order chi connectivity index (χ1) is 10.1. The van der Waals surface area contributed by atoms with Crippen molar-refractivity contribution in [2.45, 2.75) is 13.1 Å². The molecule has 0 aliphatic heterocycles. The standard InChI is InChI=1S/C15H15F2N3O/c16-13-5-4-11(7-14(13)17)9-19-15(21)20-12-3-1-2-10(6-12)8-18/h1-7H,8-9,18H2,(H2,19,20,21). The number of halogens is 2. The number of nitrogens with two attached hydrogens (primary N) is 1. The van der Waals surface area contributed by atoms with Crippen LogP contribution in [0.4, 0.5) is 19.3 Å². The Morgan fingerprint density at radius 1 is 1.05 bits per heavy atom. The maximum atomic E-state index is 13.0. The lowest BCUT2D eigenvalue weighted by Gasteiger charge is -2.09. The Morgan fingerprint density at radius 3 is 2.57 bits per heavy atom. The Balaban J connectivity index is 1.90. The SMILES string of the molecule is NCc1cccc(NC(=O)NCc2ccc(F)c(F)c2)c1. The van der Waals surface area contributed by atoms with Gasteiger partial charge in [-0.2, -0.15) is 0 Å². The zero-order valence-corrected chi connectivity index (χ0v) is 11.2. The van der Waals surface area contributed by atoms with E-state index in [4.69, 9.17) is 5.73 Å². The number of carbonyl (C=O) groups excluding carboxylic acids is 1. The van der Waals surface area contributed by atoms with Gasteiger partial charge in [0.1, 0.15) is 0 Å². The van der Waals surface area contributed by atoms with Crippen LogP contribution in [0.5, 0.6) is 0 Å². The Morgan fingerprint density at radius 2 is 1.86 bits per heavy atom. The average Bonchev–Trinajstić information content (AvgIpc) is 2.48. The predicted octanol–water partition coefficient (Wildman–Crippen LogP) is 2.75. The quantitative estimate of drug-likeness (QED) is 0.811. The van der Waals surface area contributed by atoms with Crippen LogP contribution in [0.2, 0.25) is 0 Å². The zero-order valence-electron chi connectivity index (χ0n) is 11.2. The molecule has 2 amide bonds. The highest BCUT2D eigenvalue weighted by Crippen LogP contribution is 2.11. The van der Waals surface area contributed by atoms with Gasteiger partial charge in [-0.15, -0.1) is 0 Å². The fourth-order valence-electron chi connectivity index (χ4n) is 1.78. The van der Waals surface area contributed by atoms with E-state index < -0.39 is 17.7 Å². The van der Waals surface area contributed by atoms with E-state index in [9.17, 15) is 13.6 Å². The molecular formula is C15H15F2N3O. The lowest BCUT2D eigenvalue weighted by molar-refractivity contribution is 0.251. The number of hydrogen-bond donors (Lipinski definition) is 3. The number of benzene rings is 2. The van der Waals surface area contributed by atoms with E-state index in [2.05, 4.69) is 10.6 Å². The summed E-state index contributed by atoms with van der Waals surface area (Å²) in [6.45, 7) is 0.478. The first kappa shape index (κ1) is 14.9. The summed E-state index contributed by atoms with van der Waals surface area (Å²) in [5.41, 5.74) is 7.50. The molecule has 4 N–H and O–H groups in total. The van der Waals surface area contributed by atoms with Crippen molar-refractivity contribution in [3.05, 3.63) is 65.2 Å². The molecule has 0 aromatic heterocycles. The normalized spacial score (nSPS) is 10.2. The van der Waals surface area contributed by atoms with Crippen molar-refractivity contribution in [2.24, 2.45) is 5.73 Å². The number of urea groups is 1. The fourth-order valence-corrected chi connectivity index (χ4v) is 1.78. The van der Waals surface area contributed by atoms with E-state index in [-0.39, 0.29) is 6.54 Å². The third-order valence-corrected chi connectivity index (χ3v) is 2.86. The van der Waals surface area contributed by atoms with Gasteiger partial charge in [-0.25, -0.2) is 13.6 Å². The molecule has 4 nitrogen and oxygen atoms in total. The van der Waals surface area contributed by atoms with Gasteiger partial charge < -0.3 is 16.4 Å². The molecule has 110 valence electrons. The van der Waals surface area contributed by atoms with Crippen molar-refractivity contribution in [2.75, 3.05) is 5.32 Å². The smallest absolute Gasteiger partial charge is 0.319 e. The molecule has 0 aliphatic carbocycles. The second kappa shape index (κ2) is 6.81. The van der Waals surface area contributed by atoms with Gasteiger partial charge in [0.05, 0.1) is 0 Å². The molecule has 0 saturated carbocycles. The number of anilines is 1. The number of nitrogens with one attached hydrogen (secondary N) is 2. The van der Waals surface area contributed by atoms with Crippen molar-refractivity contribution < 1.29 is 13.6 Å². The molecule has 0 spiro atoms. The summed E-state index contributed by atoms with van der Waals surface area (Å²) in [5, 5.41) is 5.20. The fraction of sp³-hybridized carbons (Fsp3) is 0.133. The van der Waals surface area contributed by atoms with Crippen LogP contribution in [0, 0.1) is 11.6 Å². The minimum absolute atomic E-state index is 0.0968. The second-order valence-corrected chi connectivity index (χ2v) is 4.46. The first-order valence-electron chi connectivity index (χ1n) is 6.36. The summed E-state index contributed by atoms with van der Waals surface area (Å²) in [7, 11) is 0. The van der Waals surface area contributed by atoms with E-state index in [1.165, 1.54) is 6.07 Å². The molecule has 0 atom stereocenters. The molecule has 2 aromatic carbocycles. The minimum Gasteiger partial charge on any atom is -0.334 e. The van der Waals surface area contributed by atoms with E-state index in [1.807, 2.05) is 6.07 Å². The van der Waals surface area contributed by atoms with Gasteiger partial charge in [0, 0.05) is 18.8 Å². The van der Waals surface area contributed by atoms with Crippen LogP contribution in [-0.4, -0.2) is 6.03 Å². The Kier molecular flexibility index (Phi) is 4.84. The summed E-state index contributed by atoms with van der Waals surface area (Å²) in [6.07, 6.45) is 0. The minimum atomic E-state index is -0.939. The maximum absolute atomic E-state index is 13.0. The van der Waals surface area contributed by atoms with Gasteiger partial charge in [0.25, 0.3) is 0 Å². The molecule has 2 rings (SSSR count). The molecule has 6 heteroatoms. The summed E-state index contributed by atoms with van der Waals surface area (Å²) >= 11 is 0. The third-order valence-electron chi connectivity index (χ3n) is 2.86. The van der Waals surface area contributed by atoms with Gasteiger partial charge >= 0.3 is 6.03 Å². The highest BCUT2D eigenvalue weighted by Gasteiger charge is 2.05. The maximum Gasteiger partial charge on any atom is 0.319 e. The molecule has 0 aliphatic rings. The molecule has 21 heavy (non-hydrogen) atoms. The monoisotopic (exact) mass is 291 g/mol. The van der Waals surface area contributed by atoms with Crippen molar-refractivity contribution >= 4 is 11.7 Å². The Bertz CT molecular complexity index is 647. The van der Waals surface area contributed by atoms with Crippen molar-refractivity contribution in [1.82, 2.24) is 5.32 Å². The summed E-state index contributed by atoms with van der Waals surface area (Å²) in [4.78, 5) is 11.7. The molecule has 0 unspecified atom stereocenters. The second-order valence-electron chi connectivity index (χ2n) is 4.46. The van der Waals surface area contributed by atoms with Crippen molar-refractivity contribution in [1.29, 1.82) is 0 Å². The van der Waals surface area contributed by atoms with E-state index in [1.54, 1.807) is 18.2 Å². The van der Waals surface area contributed by atoms with Crippen molar-refractivity contribution in [3.63, 3.8) is 0 Å². The van der Waals surface area contributed by atoms with E-state index in [0.717, 1.165) is 17.7 Å². The number of rotatable bonds is 4. The highest BCUT2D eigenvalue weighted by molar-refractivity contribution is 5.89. The highest BCUT2D eigenvalue weighted by atomic mass is 19.2. The lowest BCUT2D eigenvalue weighted by Crippen LogP contribution is -2.28. The molecule has 0 bridgehead atoms. The predicted molar refractivity (Wildman–Crippen MR) is 76.5 cm³/mol. The van der Waals surface area contributed by atoms with Crippen LogP contribution in [0.15, 0.2) is 42.5 Å². The van der Waals surface area contributed by atoms with Gasteiger partial charge in [-0.1, -0.05) is 18.2 Å². The Labute approximate surface area is 121 Å². The van der Waals surface area contributed by atoms with Gasteiger partial charge in [-0.05, 0) is 35.4 Å². The molecule has 0 fully saturated rings. The molecule has 2 aromatic rings. The van der Waals surface area contributed by atoms with Crippen LogP contribution < -0.4 is 16.4 Å². The number of hydrogen-bond acceptors (Lipinski definition) is 2. The summed E-state index contributed by atoms with van der Waals surface area (Å²) in [5.74, 6) is -1.85. The summed E-state index contributed by atoms with van der Waals surface area (Å²) < 4.78 is 25.8. The number of carbonyl (C=O) groups is 1. The molecular weight excluding hydrogens is 276 g/mol. The van der Waals surface area contributed by atoms with Crippen LogP contribution in [0.1, 0.15) is 11.1 Å². The van der Waals surface area contributed by atoms with Crippen LogP contribution in [0.25, 0.3) is 0 Å². The van der Waals surface area contributed by atoms with Gasteiger partial charge in [-0.3, -0.25) is 0 Å². The van der Waals surface area contributed by atoms with E-state index >= 15 is 0 Å². The number of amides is 2.